The van der Waals surface area contributed by atoms with Crippen molar-refractivity contribution in [2.24, 2.45) is 0 Å². The average molecular weight is 299 g/mol. The smallest absolute Gasteiger partial charge is 0.177 e. The van der Waals surface area contributed by atoms with Crippen LogP contribution in [0.15, 0.2) is 47.0 Å². The van der Waals surface area contributed by atoms with E-state index in [9.17, 15) is 0 Å². The van der Waals surface area contributed by atoms with E-state index >= 15 is 0 Å². The summed E-state index contributed by atoms with van der Waals surface area (Å²) in [4.78, 5) is 0. The third-order valence-corrected chi connectivity index (χ3v) is 3.90. The number of nitrogen functional groups attached to an aromatic ring is 1. The minimum absolute atomic E-state index is 0.348. The summed E-state index contributed by atoms with van der Waals surface area (Å²) < 4.78 is 5.52. The standard InChI is InChI=1S/C17H15ClN2O/c1-10-6-5-7-11(2)14(10)16-15(17(19)20-21-16)12-8-3-4-9-13(12)18/h3-9H,1-2H3,(H2,19,20). The fraction of sp³-hybridized carbons (Fsp3) is 0.118. The van der Waals surface area contributed by atoms with Crippen molar-refractivity contribution in [3.05, 3.63) is 58.6 Å². The van der Waals surface area contributed by atoms with Crippen LogP contribution in [0.4, 0.5) is 5.82 Å². The van der Waals surface area contributed by atoms with Crippen molar-refractivity contribution in [1.29, 1.82) is 0 Å². The summed E-state index contributed by atoms with van der Waals surface area (Å²) in [6, 6.07) is 13.6. The van der Waals surface area contributed by atoms with E-state index in [1.165, 1.54) is 0 Å². The number of hydrogen-bond donors (Lipinski definition) is 1. The third-order valence-electron chi connectivity index (χ3n) is 3.57. The lowest BCUT2D eigenvalue weighted by atomic mass is 9.95. The molecule has 1 heterocycles. The minimum Gasteiger partial charge on any atom is -0.380 e. The number of hydrogen-bond acceptors (Lipinski definition) is 3. The summed E-state index contributed by atoms with van der Waals surface area (Å²) in [5, 5.41) is 4.56. The molecule has 0 saturated heterocycles. The van der Waals surface area contributed by atoms with Gasteiger partial charge in [0.2, 0.25) is 0 Å². The Morgan fingerprint density at radius 1 is 0.952 bits per heavy atom. The maximum atomic E-state index is 6.30. The van der Waals surface area contributed by atoms with Crippen LogP contribution >= 0.6 is 11.6 Å². The highest BCUT2D eigenvalue weighted by Crippen LogP contribution is 2.41. The van der Waals surface area contributed by atoms with Crippen LogP contribution in [0.25, 0.3) is 22.5 Å². The molecule has 1 aromatic heterocycles. The molecule has 0 unspecified atom stereocenters. The van der Waals surface area contributed by atoms with Crippen molar-refractivity contribution in [2.45, 2.75) is 13.8 Å². The first kappa shape index (κ1) is 13.7. The second-order valence-electron chi connectivity index (χ2n) is 5.02. The van der Waals surface area contributed by atoms with Gasteiger partial charge < -0.3 is 10.3 Å². The third kappa shape index (κ3) is 2.30. The Balaban J connectivity index is 2.31. The molecule has 3 rings (SSSR count). The number of halogens is 1. The van der Waals surface area contributed by atoms with Gasteiger partial charge in [-0.1, -0.05) is 53.2 Å². The maximum Gasteiger partial charge on any atom is 0.177 e. The van der Waals surface area contributed by atoms with Crippen LogP contribution in [0.2, 0.25) is 5.02 Å². The van der Waals surface area contributed by atoms with Crippen molar-refractivity contribution >= 4 is 17.4 Å². The Hall–Kier alpha value is -2.26. The van der Waals surface area contributed by atoms with E-state index in [4.69, 9.17) is 21.9 Å². The zero-order chi connectivity index (χ0) is 15.0. The number of benzene rings is 2. The van der Waals surface area contributed by atoms with E-state index in [0.717, 1.165) is 27.8 Å². The zero-order valence-corrected chi connectivity index (χ0v) is 12.6. The number of anilines is 1. The molecule has 21 heavy (non-hydrogen) atoms. The molecule has 0 fully saturated rings. The van der Waals surface area contributed by atoms with E-state index in [1.807, 2.05) is 56.3 Å². The van der Waals surface area contributed by atoms with Crippen LogP contribution in [0.3, 0.4) is 0 Å². The first-order valence-corrected chi connectivity index (χ1v) is 7.04. The minimum atomic E-state index is 0.348. The quantitative estimate of drug-likeness (QED) is 0.735. The fourth-order valence-electron chi connectivity index (χ4n) is 2.57. The molecule has 106 valence electrons. The Morgan fingerprint density at radius 2 is 1.62 bits per heavy atom. The molecular formula is C17H15ClN2O. The van der Waals surface area contributed by atoms with Crippen molar-refractivity contribution in [3.8, 4) is 22.5 Å². The van der Waals surface area contributed by atoms with Gasteiger partial charge in [0.15, 0.2) is 11.6 Å². The first-order valence-electron chi connectivity index (χ1n) is 6.66. The predicted molar refractivity (Wildman–Crippen MR) is 86.3 cm³/mol. The topological polar surface area (TPSA) is 52.0 Å². The maximum absolute atomic E-state index is 6.30. The van der Waals surface area contributed by atoms with Gasteiger partial charge in [-0.15, -0.1) is 0 Å². The molecule has 3 aromatic rings. The van der Waals surface area contributed by atoms with Crippen molar-refractivity contribution in [2.75, 3.05) is 5.73 Å². The number of aromatic nitrogens is 1. The summed E-state index contributed by atoms with van der Waals surface area (Å²) >= 11 is 6.30. The monoisotopic (exact) mass is 298 g/mol. The highest BCUT2D eigenvalue weighted by molar-refractivity contribution is 6.33. The van der Waals surface area contributed by atoms with Gasteiger partial charge >= 0.3 is 0 Å². The van der Waals surface area contributed by atoms with Crippen molar-refractivity contribution in [3.63, 3.8) is 0 Å². The lowest BCUT2D eigenvalue weighted by Crippen LogP contribution is -1.92. The number of nitrogens with zero attached hydrogens (tertiary/aromatic N) is 1. The summed E-state index contributed by atoms with van der Waals surface area (Å²) in [7, 11) is 0. The molecule has 0 aliphatic heterocycles. The molecule has 0 atom stereocenters. The summed E-state index contributed by atoms with van der Waals surface area (Å²) in [6.45, 7) is 4.08. The Bertz CT molecular complexity index is 788. The molecule has 0 aliphatic rings. The summed E-state index contributed by atoms with van der Waals surface area (Å²) in [6.07, 6.45) is 0. The number of aryl methyl sites for hydroxylation is 2. The van der Waals surface area contributed by atoms with Crippen LogP contribution < -0.4 is 5.73 Å². The van der Waals surface area contributed by atoms with Crippen LogP contribution in [0.1, 0.15) is 11.1 Å². The molecule has 0 saturated carbocycles. The Morgan fingerprint density at radius 3 is 2.29 bits per heavy atom. The molecule has 2 aromatic carbocycles. The molecule has 2 N–H and O–H groups in total. The largest absolute Gasteiger partial charge is 0.380 e. The summed E-state index contributed by atoms with van der Waals surface area (Å²) in [5.41, 5.74) is 10.8. The van der Waals surface area contributed by atoms with Gasteiger partial charge in [-0.3, -0.25) is 0 Å². The van der Waals surface area contributed by atoms with Gasteiger partial charge in [-0.25, -0.2) is 0 Å². The van der Waals surface area contributed by atoms with Gasteiger partial charge in [0.05, 0.1) is 5.56 Å². The van der Waals surface area contributed by atoms with Gasteiger partial charge in [-0.2, -0.15) is 0 Å². The molecule has 0 spiro atoms. The number of nitrogens with two attached hydrogens (primary N) is 1. The normalized spacial score (nSPS) is 10.8. The first-order chi connectivity index (χ1) is 10.1. The molecule has 4 heteroatoms. The molecule has 0 amide bonds. The lowest BCUT2D eigenvalue weighted by Gasteiger charge is -2.09. The van der Waals surface area contributed by atoms with Crippen LogP contribution in [0, 0.1) is 13.8 Å². The Labute approximate surface area is 128 Å². The molecular weight excluding hydrogens is 284 g/mol. The lowest BCUT2D eigenvalue weighted by molar-refractivity contribution is 0.435. The van der Waals surface area contributed by atoms with Crippen LogP contribution in [-0.4, -0.2) is 5.16 Å². The average Bonchev–Trinajstić information content (AvgIpc) is 2.81. The van der Waals surface area contributed by atoms with E-state index in [1.54, 1.807) is 0 Å². The van der Waals surface area contributed by atoms with E-state index in [-0.39, 0.29) is 0 Å². The zero-order valence-electron chi connectivity index (χ0n) is 11.9. The second kappa shape index (κ2) is 5.26. The summed E-state index contributed by atoms with van der Waals surface area (Å²) in [5.74, 6) is 1.01. The van der Waals surface area contributed by atoms with Gasteiger partial charge in [0.1, 0.15) is 0 Å². The van der Waals surface area contributed by atoms with Crippen molar-refractivity contribution < 1.29 is 4.52 Å². The van der Waals surface area contributed by atoms with Crippen molar-refractivity contribution in [1.82, 2.24) is 5.16 Å². The van der Waals surface area contributed by atoms with Crippen LogP contribution in [-0.2, 0) is 0 Å². The van der Waals surface area contributed by atoms with E-state index in [0.29, 0.717) is 16.6 Å². The van der Waals surface area contributed by atoms with E-state index in [2.05, 4.69) is 5.16 Å². The fourth-order valence-corrected chi connectivity index (χ4v) is 2.80. The SMILES string of the molecule is Cc1cccc(C)c1-c1onc(N)c1-c1ccccc1Cl. The Kier molecular flexibility index (Phi) is 3.43. The van der Waals surface area contributed by atoms with E-state index < -0.39 is 0 Å². The predicted octanol–water partition coefficient (Wildman–Crippen LogP) is 4.86. The highest BCUT2D eigenvalue weighted by atomic mass is 35.5. The van der Waals surface area contributed by atoms with Crippen LogP contribution in [0.5, 0.6) is 0 Å². The van der Waals surface area contributed by atoms with Gasteiger partial charge in [0, 0.05) is 16.1 Å². The molecule has 0 bridgehead atoms. The van der Waals surface area contributed by atoms with Gasteiger partial charge in [0.25, 0.3) is 0 Å². The second-order valence-corrected chi connectivity index (χ2v) is 5.43. The molecule has 0 aliphatic carbocycles. The molecule has 3 nitrogen and oxygen atoms in total. The van der Waals surface area contributed by atoms with Gasteiger partial charge in [-0.05, 0) is 31.0 Å². The number of rotatable bonds is 2. The highest BCUT2D eigenvalue weighted by Gasteiger charge is 2.21. The molecule has 0 radical (unpaired) electrons.